The van der Waals surface area contributed by atoms with Crippen LogP contribution in [-0.4, -0.2) is 18.6 Å². The van der Waals surface area contributed by atoms with Crippen molar-refractivity contribution in [2.45, 2.75) is 45.6 Å². The van der Waals surface area contributed by atoms with E-state index in [4.69, 9.17) is 16.3 Å². The topological polar surface area (TPSA) is 38.3 Å². The van der Waals surface area contributed by atoms with Crippen molar-refractivity contribution in [2.75, 3.05) is 6.61 Å². The first-order valence-electron chi connectivity index (χ1n) is 8.21. The number of carbonyl (C=O) groups is 1. The lowest BCUT2D eigenvalue weighted by molar-refractivity contribution is -0.124. The highest BCUT2D eigenvalue weighted by molar-refractivity contribution is 6.30. The van der Waals surface area contributed by atoms with Crippen LogP contribution in [0.15, 0.2) is 18.2 Å². The van der Waals surface area contributed by atoms with Crippen LogP contribution < -0.4 is 10.1 Å². The van der Waals surface area contributed by atoms with Crippen LogP contribution >= 0.6 is 11.6 Å². The van der Waals surface area contributed by atoms with Gasteiger partial charge in [0.05, 0.1) is 0 Å². The molecule has 3 rings (SSSR count). The molecule has 2 bridgehead atoms. The number of nitrogens with one attached hydrogen (secondary N) is 1. The van der Waals surface area contributed by atoms with Crippen molar-refractivity contribution in [3.8, 4) is 5.75 Å². The highest BCUT2D eigenvalue weighted by atomic mass is 35.5. The summed E-state index contributed by atoms with van der Waals surface area (Å²) in [5, 5.41) is 3.80. The number of benzene rings is 1. The maximum Gasteiger partial charge on any atom is 0.258 e. The molecule has 0 aliphatic heterocycles. The fraction of sp³-hybridized carbons (Fsp3) is 0.611. The van der Waals surface area contributed by atoms with Crippen LogP contribution in [0.4, 0.5) is 0 Å². The van der Waals surface area contributed by atoms with Crippen LogP contribution in [0.25, 0.3) is 0 Å². The van der Waals surface area contributed by atoms with E-state index in [1.165, 1.54) is 25.7 Å². The zero-order valence-corrected chi connectivity index (χ0v) is 14.0. The van der Waals surface area contributed by atoms with Crippen LogP contribution in [0.3, 0.4) is 0 Å². The predicted molar refractivity (Wildman–Crippen MR) is 88.2 cm³/mol. The highest BCUT2D eigenvalue weighted by Gasteiger charge is 2.42. The van der Waals surface area contributed by atoms with E-state index >= 15 is 0 Å². The summed E-state index contributed by atoms with van der Waals surface area (Å²) in [6.07, 6.45) is 5.38. The number of carbonyl (C=O) groups excluding carboxylic acids is 1. The molecule has 2 aliphatic carbocycles. The molecule has 120 valence electrons. The van der Waals surface area contributed by atoms with Gasteiger partial charge in [-0.05, 0) is 74.6 Å². The van der Waals surface area contributed by atoms with Gasteiger partial charge in [0.15, 0.2) is 6.61 Å². The average Bonchev–Trinajstić information content (AvgIpc) is 3.09. The first kappa shape index (κ1) is 15.7. The lowest BCUT2D eigenvalue weighted by atomic mass is 9.84. The summed E-state index contributed by atoms with van der Waals surface area (Å²) in [5.41, 5.74) is 0.946. The van der Waals surface area contributed by atoms with E-state index in [1.54, 1.807) is 6.07 Å². The van der Waals surface area contributed by atoms with E-state index in [1.807, 2.05) is 19.1 Å². The first-order valence-corrected chi connectivity index (χ1v) is 8.59. The molecule has 1 N–H and O–H groups in total. The second-order valence-electron chi connectivity index (χ2n) is 6.89. The van der Waals surface area contributed by atoms with Gasteiger partial charge in [-0.15, -0.1) is 0 Å². The van der Waals surface area contributed by atoms with Crippen molar-refractivity contribution >= 4 is 17.5 Å². The number of aryl methyl sites for hydroxylation is 1. The Morgan fingerprint density at radius 2 is 2.23 bits per heavy atom. The van der Waals surface area contributed by atoms with Gasteiger partial charge in [-0.2, -0.15) is 0 Å². The summed E-state index contributed by atoms with van der Waals surface area (Å²) in [6.45, 7) is 4.13. The molecule has 4 atom stereocenters. The van der Waals surface area contributed by atoms with Crippen molar-refractivity contribution in [1.82, 2.24) is 5.32 Å². The number of fused-ring (bicyclic) bond motifs is 2. The molecule has 3 nitrogen and oxygen atoms in total. The lowest BCUT2D eigenvalue weighted by Crippen LogP contribution is -2.42. The summed E-state index contributed by atoms with van der Waals surface area (Å²) in [7, 11) is 0. The maximum atomic E-state index is 12.1. The monoisotopic (exact) mass is 321 g/mol. The largest absolute Gasteiger partial charge is 0.484 e. The SMILES string of the molecule is Cc1cc(Cl)ccc1OCC(=O)N[C@@H](C)[C@@H]1C[C@@H]2CC[C@@H]1C2. The van der Waals surface area contributed by atoms with Gasteiger partial charge in [0.25, 0.3) is 5.91 Å². The molecule has 2 fully saturated rings. The molecule has 1 amide bonds. The second kappa shape index (κ2) is 6.49. The van der Waals surface area contributed by atoms with Gasteiger partial charge in [0.1, 0.15) is 5.75 Å². The zero-order chi connectivity index (χ0) is 15.7. The van der Waals surface area contributed by atoms with E-state index in [0.29, 0.717) is 16.7 Å². The van der Waals surface area contributed by atoms with Gasteiger partial charge in [-0.25, -0.2) is 0 Å². The zero-order valence-electron chi connectivity index (χ0n) is 13.3. The summed E-state index contributed by atoms with van der Waals surface area (Å²) in [6, 6.07) is 5.68. The van der Waals surface area contributed by atoms with Crippen LogP contribution in [0.1, 0.15) is 38.2 Å². The third-order valence-electron chi connectivity index (χ3n) is 5.32. The van der Waals surface area contributed by atoms with Crippen molar-refractivity contribution in [3.63, 3.8) is 0 Å². The number of hydrogen-bond donors (Lipinski definition) is 1. The third kappa shape index (κ3) is 3.40. The van der Waals surface area contributed by atoms with Gasteiger partial charge in [-0.3, -0.25) is 4.79 Å². The number of ether oxygens (including phenoxy) is 1. The molecule has 1 aromatic carbocycles. The number of hydrogen-bond acceptors (Lipinski definition) is 2. The summed E-state index contributed by atoms with van der Waals surface area (Å²) >= 11 is 5.92. The second-order valence-corrected chi connectivity index (χ2v) is 7.33. The maximum absolute atomic E-state index is 12.1. The molecular weight excluding hydrogens is 298 g/mol. The minimum Gasteiger partial charge on any atom is -0.484 e. The highest BCUT2D eigenvalue weighted by Crippen LogP contribution is 2.49. The molecule has 2 saturated carbocycles. The molecule has 0 heterocycles. The summed E-state index contributed by atoms with van der Waals surface area (Å²) < 4.78 is 5.61. The fourth-order valence-corrected chi connectivity index (χ4v) is 4.45. The quantitative estimate of drug-likeness (QED) is 0.891. The van der Waals surface area contributed by atoms with Gasteiger partial charge in [-0.1, -0.05) is 18.0 Å². The normalized spacial score (nSPS) is 27.7. The van der Waals surface area contributed by atoms with E-state index in [9.17, 15) is 4.79 Å². The van der Waals surface area contributed by atoms with Gasteiger partial charge < -0.3 is 10.1 Å². The first-order chi connectivity index (χ1) is 10.5. The molecule has 2 aliphatic rings. The van der Waals surface area contributed by atoms with Crippen LogP contribution in [0, 0.1) is 24.7 Å². The van der Waals surface area contributed by atoms with Crippen LogP contribution in [-0.2, 0) is 4.79 Å². The Balaban J connectivity index is 1.48. The molecule has 4 heteroatoms. The van der Waals surface area contributed by atoms with Crippen molar-refractivity contribution in [1.29, 1.82) is 0 Å². The molecule has 0 aromatic heterocycles. The van der Waals surface area contributed by atoms with Gasteiger partial charge >= 0.3 is 0 Å². The Labute approximate surface area is 137 Å². The smallest absolute Gasteiger partial charge is 0.258 e. The molecule has 0 unspecified atom stereocenters. The fourth-order valence-electron chi connectivity index (χ4n) is 4.23. The lowest BCUT2D eigenvalue weighted by Gasteiger charge is -2.28. The Bertz CT molecular complexity index is 560. The number of halogens is 1. The van der Waals surface area contributed by atoms with Crippen LogP contribution in [0.5, 0.6) is 5.75 Å². The standard InChI is InChI=1S/C18H24ClNO2/c1-11-7-15(19)5-6-17(11)22-10-18(21)20-12(2)16-9-13-3-4-14(16)8-13/h5-7,12-14,16H,3-4,8-10H2,1-2H3,(H,20,21)/t12-,13+,14+,16-/m0/s1. The Kier molecular flexibility index (Phi) is 4.62. The van der Waals surface area contributed by atoms with E-state index in [0.717, 1.165) is 17.4 Å². The minimum absolute atomic E-state index is 0.0374. The van der Waals surface area contributed by atoms with Gasteiger partial charge in [0.2, 0.25) is 0 Å². The molecule has 0 saturated heterocycles. The minimum atomic E-state index is -0.0374. The number of rotatable bonds is 5. The third-order valence-corrected chi connectivity index (χ3v) is 5.55. The Morgan fingerprint density at radius 1 is 1.41 bits per heavy atom. The van der Waals surface area contributed by atoms with E-state index < -0.39 is 0 Å². The summed E-state index contributed by atoms with van der Waals surface area (Å²) in [5.74, 6) is 3.05. The number of amides is 1. The molecular formula is C18H24ClNO2. The molecule has 0 radical (unpaired) electrons. The van der Waals surface area contributed by atoms with E-state index in [2.05, 4.69) is 12.2 Å². The molecule has 0 spiro atoms. The Morgan fingerprint density at radius 3 is 2.86 bits per heavy atom. The molecule has 1 aromatic rings. The van der Waals surface area contributed by atoms with E-state index in [-0.39, 0.29) is 18.6 Å². The molecule has 22 heavy (non-hydrogen) atoms. The van der Waals surface area contributed by atoms with Crippen molar-refractivity contribution in [2.24, 2.45) is 17.8 Å². The van der Waals surface area contributed by atoms with Gasteiger partial charge in [0, 0.05) is 11.1 Å². The summed E-state index contributed by atoms with van der Waals surface area (Å²) in [4.78, 5) is 12.1. The van der Waals surface area contributed by atoms with Crippen molar-refractivity contribution in [3.05, 3.63) is 28.8 Å². The Hall–Kier alpha value is -1.22. The van der Waals surface area contributed by atoms with Crippen LogP contribution in [0.2, 0.25) is 5.02 Å². The predicted octanol–water partition coefficient (Wildman–Crippen LogP) is 3.97. The average molecular weight is 322 g/mol. The van der Waals surface area contributed by atoms with Crippen molar-refractivity contribution < 1.29 is 9.53 Å².